The van der Waals surface area contributed by atoms with Crippen molar-refractivity contribution in [1.82, 2.24) is 10.6 Å². The van der Waals surface area contributed by atoms with Crippen molar-refractivity contribution in [3.63, 3.8) is 0 Å². The van der Waals surface area contributed by atoms with Crippen LogP contribution in [0.15, 0.2) is 24.3 Å². The Morgan fingerprint density at radius 2 is 1.65 bits per heavy atom. The molecule has 0 aliphatic heterocycles. The second-order valence-electron chi connectivity index (χ2n) is 7.09. The molecule has 0 radical (unpaired) electrons. The molecular formula is C17H26N2O4. The first kappa shape index (κ1) is 19.0. The van der Waals surface area contributed by atoms with Crippen LogP contribution in [0.2, 0.25) is 0 Å². The maximum Gasteiger partial charge on any atom is 0.407 e. The molecule has 0 aliphatic rings. The predicted octanol–water partition coefficient (Wildman–Crippen LogP) is 2.78. The van der Waals surface area contributed by atoms with E-state index in [4.69, 9.17) is 9.84 Å². The molecule has 0 bridgehead atoms. The number of carboxylic acid groups (broad SMARTS) is 1. The smallest absolute Gasteiger partial charge is 0.407 e. The highest BCUT2D eigenvalue weighted by molar-refractivity contribution is 5.87. The van der Waals surface area contributed by atoms with E-state index >= 15 is 0 Å². The molecule has 128 valence electrons. The molecule has 23 heavy (non-hydrogen) atoms. The lowest BCUT2D eigenvalue weighted by Gasteiger charge is -2.28. The second-order valence-corrected chi connectivity index (χ2v) is 7.09. The van der Waals surface area contributed by atoms with Crippen LogP contribution in [0.5, 0.6) is 0 Å². The number of carbonyl (C=O) groups excluding carboxylic acids is 1. The average Bonchev–Trinajstić information content (AvgIpc) is 2.42. The van der Waals surface area contributed by atoms with E-state index in [1.807, 2.05) is 34.6 Å². The Kier molecular flexibility index (Phi) is 6.15. The molecule has 1 aromatic carbocycles. The van der Waals surface area contributed by atoms with Crippen molar-refractivity contribution < 1.29 is 19.4 Å². The minimum atomic E-state index is -0.939. The summed E-state index contributed by atoms with van der Waals surface area (Å²) in [5.74, 6) is -0.939. The molecule has 0 heterocycles. The summed E-state index contributed by atoms with van der Waals surface area (Å²) in [6.45, 7) is 10.4. The fourth-order valence-electron chi connectivity index (χ4n) is 1.78. The van der Waals surface area contributed by atoms with Crippen LogP contribution in [0.3, 0.4) is 0 Å². The lowest BCUT2D eigenvalue weighted by atomic mass is 10.0. The summed E-state index contributed by atoms with van der Waals surface area (Å²) < 4.78 is 5.20. The molecule has 0 saturated carbocycles. The minimum absolute atomic E-state index is 0.264. The number of hydrogen-bond donors (Lipinski definition) is 3. The first-order chi connectivity index (χ1) is 10.5. The highest BCUT2D eigenvalue weighted by Gasteiger charge is 2.21. The standard InChI is InChI=1S/C17H26N2O4/c1-16(2,3)23-15(22)18-11-17(4,5)19-10-12-6-8-13(9-7-12)14(20)21/h6-9,19H,10-11H2,1-5H3,(H,18,22)(H,20,21). The van der Waals surface area contributed by atoms with Crippen LogP contribution in [0.25, 0.3) is 0 Å². The molecule has 0 atom stereocenters. The number of carbonyl (C=O) groups is 2. The van der Waals surface area contributed by atoms with E-state index < -0.39 is 17.7 Å². The van der Waals surface area contributed by atoms with E-state index in [0.717, 1.165) is 5.56 Å². The van der Waals surface area contributed by atoms with E-state index in [0.29, 0.717) is 13.1 Å². The maximum atomic E-state index is 11.7. The molecule has 0 unspecified atom stereocenters. The van der Waals surface area contributed by atoms with Gasteiger partial charge in [-0.2, -0.15) is 0 Å². The Bertz CT molecular complexity index is 545. The molecule has 0 spiro atoms. The van der Waals surface area contributed by atoms with Crippen LogP contribution in [0.4, 0.5) is 4.79 Å². The molecule has 3 N–H and O–H groups in total. The first-order valence-corrected chi connectivity index (χ1v) is 7.53. The summed E-state index contributed by atoms with van der Waals surface area (Å²) in [6.07, 6.45) is -0.446. The Morgan fingerprint density at radius 1 is 1.09 bits per heavy atom. The van der Waals surface area contributed by atoms with Crippen LogP contribution in [-0.2, 0) is 11.3 Å². The van der Waals surface area contributed by atoms with Gasteiger partial charge in [0, 0.05) is 18.6 Å². The Hall–Kier alpha value is -2.08. The van der Waals surface area contributed by atoms with Crippen molar-refractivity contribution in [2.45, 2.75) is 52.3 Å². The average molecular weight is 322 g/mol. The zero-order valence-corrected chi connectivity index (χ0v) is 14.4. The molecule has 1 aromatic rings. The SMILES string of the molecule is CC(C)(CNC(=O)OC(C)(C)C)NCc1ccc(C(=O)O)cc1. The lowest BCUT2D eigenvalue weighted by Crippen LogP contribution is -2.49. The number of hydrogen-bond acceptors (Lipinski definition) is 4. The van der Waals surface area contributed by atoms with E-state index in [1.165, 1.54) is 0 Å². The molecule has 0 aromatic heterocycles. The summed E-state index contributed by atoms with van der Waals surface area (Å²) in [5, 5.41) is 14.9. The summed E-state index contributed by atoms with van der Waals surface area (Å²) in [6, 6.07) is 6.69. The predicted molar refractivity (Wildman–Crippen MR) is 88.6 cm³/mol. The van der Waals surface area contributed by atoms with E-state index in [9.17, 15) is 9.59 Å². The van der Waals surface area contributed by atoms with E-state index in [-0.39, 0.29) is 11.1 Å². The van der Waals surface area contributed by atoms with Gasteiger partial charge < -0.3 is 20.5 Å². The minimum Gasteiger partial charge on any atom is -0.478 e. The zero-order valence-electron chi connectivity index (χ0n) is 14.4. The van der Waals surface area contributed by atoms with Gasteiger partial charge in [0.05, 0.1) is 5.56 Å². The van der Waals surface area contributed by atoms with Gasteiger partial charge >= 0.3 is 12.1 Å². The fraction of sp³-hybridized carbons (Fsp3) is 0.529. The van der Waals surface area contributed by atoms with Gasteiger partial charge in [-0.25, -0.2) is 9.59 Å². The number of aromatic carboxylic acids is 1. The van der Waals surface area contributed by atoms with E-state index in [2.05, 4.69) is 10.6 Å². The molecule has 1 amide bonds. The van der Waals surface area contributed by atoms with Gasteiger partial charge in [0.2, 0.25) is 0 Å². The molecule has 0 saturated heterocycles. The summed E-state index contributed by atoms with van der Waals surface area (Å²) in [4.78, 5) is 22.5. The van der Waals surface area contributed by atoms with Crippen LogP contribution in [0, 0.1) is 0 Å². The van der Waals surface area contributed by atoms with Gasteiger partial charge in [0.25, 0.3) is 0 Å². The zero-order chi connectivity index (χ0) is 17.7. The Balaban J connectivity index is 2.45. The number of nitrogens with one attached hydrogen (secondary N) is 2. The quantitative estimate of drug-likeness (QED) is 0.749. The van der Waals surface area contributed by atoms with Crippen molar-refractivity contribution in [2.75, 3.05) is 6.54 Å². The van der Waals surface area contributed by atoms with Crippen LogP contribution >= 0.6 is 0 Å². The molecule has 1 rings (SSSR count). The van der Waals surface area contributed by atoms with Gasteiger partial charge in [-0.05, 0) is 52.3 Å². The monoisotopic (exact) mass is 322 g/mol. The van der Waals surface area contributed by atoms with Crippen LogP contribution < -0.4 is 10.6 Å². The van der Waals surface area contributed by atoms with Crippen molar-refractivity contribution in [1.29, 1.82) is 0 Å². The Labute approximate surface area is 137 Å². The van der Waals surface area contributed by atoms with Crippen molar-refractivity contribution >= 4 is 12.1 Å². The van der Waals surface area contributed by atoms with Crippen molar-refractivity contribution in [3.8, 4) is 0 Å². The number of rotatable bonds is 6. The first-order valence-electron chi connectivity index (χ1n) is 7.53. The third kappa shape index (κ3) is 7.65. The second kappa shape index (κ2) is 7.46. The number of ether oxygens (including phenoxy) is 1. The summed E-state index contributed by atoms with van der Waals surface area (Å²) in [5.41, 5.74) is 0.385. The van der Waals surface area contributed by atoms with Gasteiger partial charge in [-0.15, -0.1) is 0 Å². The van der Waals surface area contributed by atoms with Crippen molar-refractivity contribution in [3.05, 3.63) is 35.4 Å². The largest absolute Gasteiger partial charge is 0.478 e. The number of carboxylic acids is 1. The van der Waals surface area contributed by atoms with Crippen molar-refractivity contribution in [2.24, 2.45) is 0 Å². The third-order valence-corrected chi connectivity index (χ3v) is 3.05. The molecule has 0 aliphatic carbocycles. The fourth-order valence-corrected chi connectivity index (χ4v) is 1.78. The van der Waals surface area contributed by atoms with E-state index in [1.54, 1.807) is 24.3 Å². The van der Waals surface area contributed by atoms with Crippen LogP contribution in [0.1, 0.15) is 50.5 Å². The molecule has 6 heteroatoms. The van der Waals surface area contributed by atoms with Gasteiger partial charge in [0.1, 0.15) is 5.60 Å². The molecule has 0 fully saturated rings. The molecule has 6 nitrogen and oxygen atoms in total. The lowest BCUT2D eigenvalue weighted by molar-refractivity contribution is 0.0513. The van der Waals surface area contributed by atoms with Gasteiger partial charge in [-0.1, -0.05) is 12.1 Å². The maximum absolute atomic E-state index is 11.7. The van der Waals surface area contributed by atoms with Gasteiger partial charge in [0.15, 0.2) is 0 Å². The number of benzene rings is 1. The number of alkyl carbamates (subject to hydrolysis) is 1. The van der Waals surface area contributed by atoms with Crippen LogP contribution in [-0.4, -0.2) is 34.9 Å². The molecular weight excluding hydrogens is 296 g/mol. The summed E-state index contributed by atoms with van der Waals surface area (Å²) in [7, 11) is 0. The van der Waals surface area contributed by atoms with Gasteiger partial charge in [-0.3, -0.25) is 0 Å². The Morgan fingerprint density at radius 3 is 2.13 bits per heavy atom. The highest BCUT2D eigenvalue weighted by Crippen LogP contribution is 2.09. The third-order valence-electron chi connectivity index (χ3n) is 3.05. The normalized spacial score (nSPS) is 11.9. The topological polar surface area (TPSA) is 87.7 Å². The highest BCUT2D eigenvalue weighted by atomic mass is 16.6. The number of amides is 1. The summed E-state index contributed by atoms with van der Waals surface area (Å²) >= 11 is 0.